The molecule has 6 nitrogen and oxygen atoms in total. The summed E-state index contributed by atoms with van der Waals surface area (Å²) in [7, 11) is 0. The zero-order valence-electron chi connectivity index (χ0n) is 9.67. The Bertz CT molecular complexity index is 363. The highest BCUT2D eigenvalue weighted by Crippen LogP contribution is 2.03. The molecule has 2 heterocycles. The van der Waals surface area contributed by atoms with Crippen LogP contribution in [-0.4, -0.2) is 53.0 Å². The molecule has 2 rings (SSSR count). The lowest BCUT2D eigenvalue weighted by Gasteiger charge is -2.29. The Balaban J connectivity index is 1.90. The molecule has 92 valence electrons. The molecule has 1 fully saturated rings. The topological polar surface area (TPSA) is 84.1 Å². The summed E-state index contributed by atoms with van der Waals surface area (Å²) in [5.74, 6) is 0.00959. The molecule has 1 aliphatic rings. The van der Waals surface area contributed by atoms with Gasteiger partial charge in [0.15, 0.2) is 0 Å². The molecule has 17 heavy (non-hydrogen) atoms. The second-order valence-corrected chi connectivity index (χ2v) is 4.13. The Hall–Kier alpha value is -1.53. The quantitative estimate of drug-likeness (QED) is 0.686. The van der Waals surface area contributed by atoms with Crippen molar-refractivity contribution in [2.24, 2.45) is 5.73 Å². The number of nitrogens with two attached hydrogens (primary N) is 1. The lowest BCUT2D eigenvalue weighted by atomic mass is 10.1. The van der Waals surface area contributed by atoms with Gasteiger partial charge in [0, 0.05) is 38.6 Å². The number of hydrogen-bond acceptors (Lipinski definition) is 5. The number of nitrogens with one attached hydrogen (secondary N) is 1. The third kappa shape index (κ3) is 3.21. The van der Waals surface area contributed by atoms with Crippen LogP contribution in [0, 0.1) is 0 Å². The fourth-order valence-electron chi connectivity index (χ4n) is 1.90. The van der Waals surface area contributed by atoms with Crippen molar-refractivity contribution >= 4 is 5.91 Å². The second-order valence-electron chi connectivity index (χ2n) is 4.13. The standard InChI is InChI=1S/C11H17N5O/c12-10(5-9-6-14-8-15-7-9)11(17)16-3-1-13-2-4-16/h6-8,10,13H,1-5,12H2. The minimum atomic E-state index is -0.501. The average molecular weight is 235 g/mol. The first-order valence-corrected chi connectivity index (χ1v) is 5.76. The van der Waals surface area contributed by atoms with Crippen LogP contribution < -0.4 is 11.1 Å². The van der Waals surface area contributed by atoms with Crippen molar-refractivity contribution in [1.82, 2.24) is 20.2 Å². The van der Waals surface area contributed by atoms with Gasteiger partial charge in [0.25, 0.3) is 0 Å². The van der Waals surface area contributed by atoms with Crippen LogP contribution in [0.3, 0.4) is 0 Å². The van der Waals surface area contributed by atoms with E-state index >= 15 is 0 Å². The van der Waals surface area contributed by atoms with Gasteiger partial charge in [-0.1, -0.05) is 0 Å². The van der Waals surface area contributed by atoms with Crippen LogP contribution in [0.15, 0.2) is 18.7 Å². The van der Waals surface area contributed by atoms with Gasteiger partial charge in [0.2, 0.25) is 5.91 Å². The summed E-state index contributed by atoms with van der Waals surface area (Å²) < 4.78 is 0. The molecule has 1 unspecified atom stereocenters. The van der Waals surface area contributed by atoms with Gasteiger partial charge in [0.05, 0.1) is 6.04 Å². The first-order valence-electron chi connectivity index (χ1n) is 5.76. The number of aromatic nitrogens is 2. The third-order valence-electron chi connectivity index (χ3n) is 2.82. The summed E-state index contributed by atoms with van der Waals surface area (Å²) in [6.07, 6.45) is 5.34. The molecule has 0 aromatic carbocycles. The highest BCUT2D eigenvalue weighted by Gasteiger charge is 2.22. The Morgan fingerprint density at radius 3 is 2.71 bits per heavy atom. The van der Waals surface area contributed by atoms with E-state index in [2.05, 4.69) is 15.3 Å². The van der Waals surface area contributed by atoms with Crippen LogP contribution in [0.5, 0.6) is 0 Å². The van der Waals surface area contributed by atoms with E-state index in [0.29, 0.717) is 6.42 Å². The molecule has 1 aromatic rings. The summed E-state index contributed by atoms with van der Waals surface area (Å²) in [4.78, 5) is 21.7. The lowest BCUT2D eigenvalue weighted by Crippen LogP contribution is -2.52. The summed E-state index contributed by atoms with van der Waals surface area (Å²) in [5, 5.41) is 3.20. The van der Waals surface area contributed by atoms with Gasteiger partial charge in [-0.05, 0) is 12.0 Å². The van der Waals surface area contributed by atoms with Crippen LogP contribution in [0.1, 0.15) is 5.56 Å². The van der Waals surface area contributed by atoms with Crippen molar-refractivity contribution in [2.45, 2.75) is 12.5 Å². The van der Waals surface area contributed by atoms with E-state index in [-0.39, 0.29) is 5.91 Å². The Labute approximate surface area is 100 Å². The largest absolute Gasteiger partial charge is 0.339 e. The monoisotopic (exact) mass is 235 g/mol. The van der Waals surface area contributed by atoms with Crippen LogP contribution in [0.4, 0.5) is 0 Å². The molecule has 3 N–H and O–H groups in total. The normalized spacial score (nSPS) is 17.8. The van der Waals surface area contributed by atoms with Crippen LogP contribution in [-0.2, 0) is 11.2 Å². The van der Waals surface area contributed by atoms with E-state index in [0.717, 1.165) is 31.7 Å². The van der Waals surface area contributed by atoms with E-state index in [1.54, 1.807) is 12.4 Å². The first kappa shape index (κ1) is 11.9. The number of amides is 1. The predicted molar refractivity (Wildman–Crippen MR) is 63.2 cm³/mol. The molecule has 0 spiro atoms. The number of nitrogens with zero attached hydrogens (tertiary/aromatic N) is 3. The summed E-state index contributed by atoms with van der Waals surface area (Å²) in [6, 6.07) is -0.501. The van der Waals surface area contributed by atoms with E-state index in [1.807, 2.05) is 4.90 Å². The molecular weight excluding hydrogens is 218 g/mol. The summed E-state index contributed by atoms with van der Waals surface area (Å²) >= 11 is 0. The molecule has 1 atom stereocenters. The minimum absolute atomic E-state index is 0.00959. The van der Waals surface area contributed by atoms with Crippen molar-refractivity contribution in [1.29, 1.82) is 0 Å². The zero-order valence-corrected chi connectivity index (χ0v) is 9.67. The second kappa shape index (κ2) is 5.70. The fraction of sp³-hybridized carbons (Fsp3) is 0.545. The molecular formula is C11H17N5O. The lowest BCUT2D eigenvalue weighted by molar-refractivity contribution is -0.133. The number of piperazine rings is 1. The van der Waals surface area contributed by atoms with Crippen LogP contribution in [0.25, 0.3) is 0 Å². The van der Waals surface area contributed by atoms with Crippen LogP contribution in [0.2, 0.25) is 0 Å². The Morgan fingerprint density at radius 1 is 1.41 bits per heavy atom. The molecule has 1 aromatic heterocycles. The number of hydrogen-bond donors (Lipinski definition) is 2. The van der Waals surface area contributed by atoms with Gasteiger partial charge in [-0.15, -0.1) is 0 Å². The number of rotatable bonds is 3. The Morgan fingerprint density at radius 2 is 2.06 bits per heavy atom. The molecule has 0 aliphatic carbocycles. The first-order chi connectivity index (χ1) is 8.27. The maximum atomic E-state index is 12.0. The summed E-state index contributed by atoms with van der Waals surface area (Å²) in [6.45, 7) is 3.15. The molecule has 1 aliphatic heterocycles. The predicted octanol–water partition coefficient (Wildman–Crippen LogP) is -1.22. The van der Waals surface area contributed by atoms with Crippen molar-refractivity contribution in [3.8, 4) is 0 Å². The van der Waals surface area contributed by atoms with Crippen molar-refractivity contribution in [2.75, 3.05) is 26.2 Å². The number of carbonyl (C=O) groups excluding carboxylic acids is 1. The van der Waals surface area contributed by atoms with Crippen molar-refractivity contribution in [3.63, 3.8) is 0 Å². The van der Waals surface area contributed by atoms with E-state index in [1.165, 1.54) is 6.33 Å². The molecule has 0 radical (unpaired) electrons. The van der Waals surface area contributed by atoms with Crippen molar-refractivity contribution < 1.29 is 4.79 Å². The molecule has 6 heteroatoms. The zero-order chi connectivity index (χ0) is 12.1. The maximum Gasteiger partial charge on any atom is 0.239 e. The van der Waals surface area contributed by atoms with Gasteiger partial charge >= 0.3 is 0 Å². The Kier molecular flexibility index (Phi) is 4.00. The smallest absolute Gasteiger partial charge is 0.239 e. The van der Waals surface area contributed by atoms with Crippen molar-refractivity contribution in [3.05, 3.63) is 24.3 Å². The molecule has 1 saturated heterocycles. The van der Waals surface area contributed by atoms with Gasteiger partial charge in [-0.3, -0.25) is 4.79 Å². The summed E-state index contributed by atoms with van der Waals surface area (Å²) in [5.41, 5.74) is 6.81. The van der Waals surface area contributed by atoms with Crippen LogP contribution >= 0.6 is 0 Å². The van der Waals surface area contributed by atoms with Gasteiger partial charge < -0.3 is 16.0 Å². The molecule has 0 saturated carbocycles. The molecule has 1 amide bonds. The highest BCUT2D eigenvalue weighted by atomic mass is 16.2. The maximum absolute atomic E-state index is 12.0. The van der Waals surface area contributed by atoms with Gasteiger partial charge in [0.1, 0.15) is 6.33 Å². The van der Waals surface area contributed by atoms with Gasteiger partial charge in [-0.2, -0.15) is 0 Å². The third-order valence-corrected chi connectivity index (χ3v) is 2.82. The SMILES string of the molecule is NC(Cc1cncnc1)C(=O)N1CCNCC1. The van der Waals surface area contributed by atoms with E-state index in [4.69, 9.17) is 5.73 Å². The van der Waals surface area contributed by atoms with E-state index < -0.39 is 6.04 Å². The average Bonchev–Trinajstić information content (AvgIpc) is 2.40. The van der Waals surface area contributed by atoms with E-state index in [9.17, 15) is 4.79 Å². The number of carbonyl (C=O) groups is 1. The van der Waals surface area contributed by atoms with Gasteiger partial charge in [-0.25, -0.2) is 9.97 Å². The highest BCUT2D eigenvalue weighted by molar-refractivity contribution is 5.82. The minimum Gasteiger partial charge on any atom is -0.339 e. The fourth-order valence-corrected chi connectivity index (χ4v) is 1.90. The molecule has 0 bridgehead atoms.